The summed E-state index contributed by atoms with van der Waals surface area (Å²) in [6, 6.07) is 10.2. The Hall–Kier alpha value is -0.860. The van der Waals surface area contributed by atoms with E-state index in [0.29, 0.717) is 0 Å². The van der Waals surface area contributed by atoms with Crippen molar-refractivity contribution >= 4 is 0 Å². The van der Waals surface area contributed by atoms with E-state index in [-0.39, 0.29) is 6.04 Å². The molecule has 1 aliphatic heterocycles. The molecule has 0 amide bonds. The molecule has 2 unspecified atom stereocenters. The SMILES string of the molecule is CCC1NCCC1(O)c1ccccc1. The van der Waals surface area contributed by atoms with E-state index in [0.717, 1.165) is 24.9 Å². The minimum atomic E-state index is -0.657. The summed E-state index contributed by atoms with van der Waals surface area (Å²) < 4.78 is 0. The van der Waals surface area contributed by atoms with Gasteiger partial charge in [0.05, 0.1) is 0 Å². The lowest BCUT2D eigenvalue weighted by molar-refractivity contribution is 0.0225. The fourth-order valence-electron chi connectivity index (χ4n) is 2.33. The standard InChI is InChI=1S/C12H17NO/c1-2-11-12(14,8-9-13-11)10-6-4-3-5-7-10/h3-7,11,13-14H,2,8-9H2,1H3. The molecule has 14 heavy (non-hydrogen) atoms. The van der Waals surface area contributed by atoms with Crippen molar-refractivity contribution < 1.29 is 5.11 Å². The fraction of sp³-hybridized carbons (Fsp3) is 0.500. The summed E-state index contributed by atoms with van der Waals surface area (Å²) in [6.45, 7) is 3.01. The average molecular weight is 191 g/mol. The zero-order valence-corrected chi connectivity index (χ0v) is 8.53. The highest BCUT2D eigenvalue weighted by atomic mass is 16.3. The lowest BCUT2D eigenvalue weighted by atomic mass is 9.85. The van der Waals surface area contributed by atoms with Gasteiger partial charge in [-0.05, 0) is 24.9 Å². The highest BCUT2D eigenvalue weighted by molar-refractivity contribution is 5.25. The van der Waals surface area contributed by atoms with Crippen molar-refractivity contribution in [3.8, 4) is 0 Å². The van der Waals surface area contributed by atoms with E-state index in [9.17, 15) is 5.11 Å². The summed E-state index contributed by atoms with van der Waals surface area (Å²) in [5.41, 5.74) is 0.382. The molecule has 2 rings (SSSR count). The number of hydrogen-bond acceptors (Lipinski definition) is 2. The Balaban J connectivity index is 2.31. The highest BCUT2D eigenvalue weighted by Gasteiger charge is 2.40. The summed E-state index contributed by atoms with van der Waals surface area (Å²) >= 11 is 0. The molecule has 1 aromatic carbocycles. The van der Waals surface area contributed by atoms with Gasteiger partial charge in [-0.2, -0.15) is 0 Å². The van der Waals surface area contributed by atoms with Crippen molar-refractivity contribution in [3.63, 3.8) is 0 Å². The van der Waals surface area contributed by atoms with Gasteiger partial charge in [-0.25, -0.2) is 0 Å². The summed E-state index contributed by atoms with van der Waals surface area (Å²) in [7, 11) is 0. The Morgan fingerprint density at radius 2 is 2.14 bits per heavy atom. The Kier molecular flexibility index (Phi) is 2.57. The maximum atomic E-state index is 10.6. The molecule has 0 aromatic heterocycles. The first-order valence-corrected chi connectivity index (χ1v) is 5.28. The molecule has 2 nitrogen and oxygen atoms in total. The second-order valence-corrected chi connectivity index (χ2v) is 3.96. The number of hydrogen-bond donors (Lipinski definition) is 2. The van der Waals surface area contributed by atoms with E-state index in [2.05, 4.69) is 12.2 Å². The van der Waals surface area contributed by atoms with Crippen molar-refractivity contribution in [2.24, 2.45) is 0 Å². The predicted octanol–water partition coefficient (Wildman–Crippen LogP) is 1.65. The van der Waals surface area contributed by atoms with Crippen LogP contribution in [0.2, 0.25) is 0 Å². The Morgan fingerprint density at radius 1 is 1.43 bits per heavy atom. The molecule has 76 valence electrons. The van der Waals surface area contributed by atoms with E-state index in [4.69, 9.17) is 0 Å². The quantitative estimate of drug-likeness (QED) is 0.745. The van der Waals surface area contributed by atoms with Crippen LogP contribution in [0.15, 0.2) is 30.3 Å². The molecule has 1 aromatic rings. The van der Waals surface area contributed by atoms with E-state index < -0.39 is 5.60 Å². The third-order valence-corrected chi connectivity index (χ3v) is 3.16. The zero-order valence-electron chi connectivity index (χ0n) is 8.53. The molecule has 0 bridgehead atoms. The summed E-state index contributed by atoms with van der Waals surface area (Å²) in [4.78, 5) is 0. The molecule has 1 heterocycles. The second-order valence-electron chi connectivity index (χ2n) is 3.96. The molecule has 2 heteroatoms. The van der Waals surface area contributed by atoms with Gasteiger partial charge in [-0.15, -0.1) is 0 Å². The van der Waals surface area contributed by atoms with Crippen LogP contribution in [0.4, 0.5) is 0 Å². The first-order chi connectivity index (χ1) is 6.77. The zero-order chi connectivity index (χ0) is 10.0. The van der Waals surface area contributed by atoms with Crippen LogP contribution in [0.1, 0.15) is 25.3 Å². The molecule has 1 fully saturated rings. The third-order valence-electron chi connectivity index (χ3n) is 3.16. The van der Waals surface area contributed by atoms with Gasteiger partial charge in [0.25, 0.3) is 0 Å². The molecule has 0 saturated carbocycles. The lowest BCUT2D eigenvalue weighted by Gasteiger charge is -2.29. The van der Waals surface area contributed by atoms with Gasteiger partial charge in [0.1, 0.15) is 5.60 Å². The van der Waals surface area contributed by atoms with Crippen molar-refractivity contribution in [1.82, 2.24) is 5.32 Å². The molecule has 0 radical (unpaired) electrons. The average Bonchev–Trinajstić information content (AvgIpc) is 2.62. The fourth-order valence-corrected chi connectivity index (χ4v) is 2.33. The molecule has 0 aliphatic carbocycles. The number of benzene rings is 1. The van der Waals surface area contributed by atoms with Gasteiger partial charge in [-0.1, -0.05) is 37.3 Å². The Bertz CT molecular complexity index is 298. The monoisotopic (exact) mass is 191 g/mol. The molecular formula is C12H17NO. The van der Waals surface area contributed by atoms with Crippen LogP contribution in [0.5, 0.6) is 0 Å². The van der Waals surface area contributed by atoms with E-state index in [1.807, 2.05) is 30.3 Å². The van der Waals surface area contributed by atoms with Gasteiger partial charge in [0.15, 0.2) is 0 Å². The molecular weight excluding hydrogens is 174 g/mol. The van der Waals surface area contributed by atoms with E-state index >= 15 is 0 Å². The van der Waals surface area contributed by atoms with Gasteiger partial charge in [0, 0.05) is 6.04 Å². The Labute approximate surface area is 85.0 Å². The van der Waals surface area contributed by atoms with Gasteiger partial charge in [-0.3, -0.25) is 0 Å². The van der Waals surface area contributed by atoms with Gasteiger partial charge >= 0.3 is 0 Å². The number of rotatable bonds is 2. The topological polar surface area (TPSA) is 32.3 Å². The largest absolute Gasteiger partial charge is 0.383 e. The van der Waals surface area contributed by atoms with Crippen molar-refractivity contribution in [3.05, 3.63) is 35.9 Å². The maximum absolute atomic E-state index is 10.6. The summed E-state index contributed by atoms with van der Waals surface area (Å²) in [6.07, 6.45) is 1.78. The summed E-state index contributed by atoms with van der Waals surface area (Å²) in [5.74, 6) is 0. The summed E-state index contributed by atoms with van der Waals surface area (Å²) in [5, 5.41) is 13.9. The van der Waals surface area contributed by atoms with Crippen LogP contribution < -0.4 is 5.32 Å². The highest BCUT2D eigenvalue weighted by Crippen LogP contribution is 2.33. The molecule has 1 saturated heterocycles. The van der Waals surface area contributed by atoms with Crippen LogP contribution in [-0.2, 0) is 5.60 Å². The smallest absolute Gasteiger partial charge is 0.106 e. The van der Waals surface area contributed by atoms with Crippen LogP contribution >= 0.6 is 0 Å². The first-order valence-electron chi connectivity index (χ1n) is 5.28. The predicted molar refractivity (Wildman–Crippen MR) is 57.0 cm³/mol. The molecule has 0 spiro atoms. The van der Waals surface area contributed by atoms with Gasteiger partial charge < -0.3 is 10.4 Å². The normalized spacial score (nSPS) is 32.0. The Morgan fingerprint density at radius 3 is 2.79 bits per heavy atom. The third kappa shape index (κ3) is 1.45. The molecule has 2 N–H and O–H groups in total. The minimum Gasteiger partial charge on any atom is -0.383 e. The van der Waals surface area contributed by atoms with Crippen molar-refractivity contribution in [2.75, 3.05) is 6.54 Å². The number of nitrogens with one attached hydrogen (secondary N) is 1. The minimum absolute atomic E-state index is 0.199. The van der Waals surface area contributed by atoms with Crippen LogP contribution in [0.3, 0.4) is 0 Å². The van der Waals surface area contributed by atoms with Crippen molar-refractivity contribution in [1.29, 1.82) is 0 Å². The number of aliphatic hydroxyl groups is 1. The molecule has 2 atom stereocenters. The van der Waals surface area contributed by atoms with Crippen molar-refractivity contribution in [2.45, 2.75) is 31.4 Å². The van der Waals surface area contributed by atoms with E-state index in [1.54, 1.807) is 0 Å². The van der Waals surface area contributed by atoms with Crippen LogP contribution in [0.25, 0.3) is 0 Å². The van der Waals surface area contributed by atoms with Gasteiger partial charge in [0.2, 0.25) is 0 Å². The second kappa shape index (κ2) is 3.71. The molecule has 1 aliphatic rings. The van der Waals surface area contributed by atoms with Crippen LogP contribution in [0, 0.1) is 0 Å². The first kappa shape index (κ1) is 9.69. The van der Waals surface area contributed by atoms with E-state index in [1.165, 1.54) is 0 Å². The van der Waals surface area contributed by atoms with Crippen LogP contribution in [-0.4, -0.2) is 17.7 Å². The maximum Gasteiger partial charge on any atom is 0.106 e. The lowest BCUT2D eigenvalue weighted by Crippen LogP contribution is -2.39.